The average molecular weight is 266 g/mol. The molecule has 0 spiro atoms. The monoisotopic (exact) mass is 266 g/mol. The number of anilines is 1. The first-order valence-electron chi connectivity index (χ1n) is 7.26. The Hall–Kier alpha value is -1.94. The summed E-state index contributed by atoms with van der Waals surface area (Å²) in [5.74, 6) is 0.854. The molecule has 0 saturated carbocycles. The van der Waals surface area contributed by atoms with Crippen LogP contribution in [0.5, 0.6) is 0 Å². The Morgan fingerprint density at radius 3 is 2.75 bits per heavy atom. The Morgan fingerprint density at radius 1 is 1.10 bits per heavy atom. The molecule has 1 fully saturated rings. The molecule has 0 bridgehead atoms. The molecular formula is C16H18N4. The lowest BCUT2D eigenvalue weighted by Crippen LogP contribution is -2.40. The Kier molecular flexibility index (Phi) is 2.70. The molecule has 2 aromatic rings. The molecule has 1 aromatic heterocycles. The predicted octanol–water partition coefficient (Wildman–Crippen LogP) is 1.98. The fourth-order valence-corrected chi connectivity index (χ4v) is 3.12. The maximum Gasteiger partial charge on any atom is 0.225 e. The molecular weight excluding hydrogens is 248 g/mol. The summed E-state index contributed by atoms with van der Waals surface area (Å²) in [5.41, 5.74) is 10.9. The van der Waals surface area contributed by atoms with Crippen LogP contribution in [-0.4, -0.2) is 29.1 Å². The van der Waals surface area contributed by atoms with Crippen molar-refractivity contribution in [3.63, 3.8) is 0 Å². The van der Waals surface area contributed by atoms with Crippen molar-refractivity contribution in [3.8, 4) is 11.3 Å². The minimum absolute atomic E-state index is 0.335. The summed E-state index contributed by atoms with van der Waals surface area (Å²) in [6.07, 6.45) is 5.00. The van der Waals surface area contributed by atoms with E-state index in [4.69, 9.17) is 10.7 Å². The highest BCUT2D eigenvalue weighted by atomic mass is 15.3. The van der Waals surface area contributed by atoms with Gasteiger partial charge in [-0.2, -0.15) is 0 Å². The molecule has 1 saturated heterocycles. The van der Waals surface area contributed by atoms with Gasteiger partial charge in [-0.1, -0.05) is 24.3 Å². The number of fused-ring (bicyclic) bond motifs is 3. The molecule has 2 N–H and O–H groups in total. The van der Waals surface area contributed by atoms with E-state index in [0.29, 0.717) is 6.04 Å². The van der Waals surface area contributed by atoms with Crippen LogP contribution in [0.25, 0.3) is 11.3 Å². The Labute approximate surface area is 118 Å². The van der Waals surface area contributed by atoms with Crippen LogP contribution in [0.2, 0.25) is 0 Å². The molecule has 2 aliphatic rings. The first-order valence-corrected chi connectivity index (χ1v) is 7.26. The van der Waals surface area contributed by atoms with Crippen LogP contribution in [-0.2, 0) is 6.42 Å². The molecule has 102 valence electrons. The fraction of sp³-hybridized carbons (Fsp3) is 0.375. The highest BCUT2D eigenvalue weighted by Gasteiger charge is 2.23. The van der Waals surface area contributed by atoms with Crippen molar-refractivity contribution in [2.45, 2.75) is 25.3 Å². The fourth-order valence-electron chi connectivity index (χ4n) is 3.12. The maximum atomic E-state index is 5.96. The lowest BCUT2D eigenvalue weighted by atomic mass is 10.1. The third-order valence-corrected chi connectivity index (χ3v) is 4.33. The standard InChI is InChI=1S/C16H18N4/c17-13-5-7-20(8-6-13)16-18-10-12-9-11-3-1-2-4-14(11)15(12)19-16/h1-4,10,13H,5-9,17H2. The first-order chi connectivity index (χ1) is 9.81. The highest BCUT2D eigenvalue weighted by molar-refractivity contribution is 5.73. The Morgan fingerprint density at radius 2 is 1.90 bits per heavy atom. The van der Waals surface area contributed by atoms with E-state index in [1.165, 1.54) is 16.7 Å². The molecule has 20 heavy (non-hydrogen) atoms. The summed E-state index contributed by atoms with van der Waals surface area (Å²) in [6, 6.07) is 8.84. The van der Waals surface area contributed by atoms with Gasteiger partial charge in [0.25, 0.3) is 0 Å². The van der Waals surface area contributed by atoms with Gasteiger partial charge in [0.15, 0.2) is 0 Å². The molecule has 1 aliphatic carbocycles. The second-order valence-corrected chi connectivity index (χ2v) is 5.70. The predicted molar refractivity (Wildman–Crippen MR) is 79.7 cm³/mol. The second kappa shape index (κ2) is 4.56. The van der Waals surface area contributed by atoms with E-state index in [1.807, 2.05) is 6.20 Å². The van der Waals surface area contributed by atoms with Crippen LogP contribution in [0.3, 0.4) is 0 Å². The van der Waals surface area contributed by atoms with E-state index in [0.717, 1.165) is 44.0 Å². The van der Waals surface area contributed by atoms with Crippen molar-refractivity contribution >= 4 is 5.95 Å². The summed E-state index contributed by atoms with van der Waals surface area (Å²) in [6.45, 7) is 1.92. The minimum atomic E-state index is 0.335. The number of hydrogen-bond acceptors (Lipinski definition) is 4. The number of aromatic nitrogens is 2. The van der Waals surface area contributed by atoms with Gasteiger partial charge in [-0.25, -0.2) is 9.97 Å². The number of piperidine rings is 1. The van der Waals surface area contributed by atoms with Gasteiger partial charge < -0.3 is 10.6 Å². The van der Waals surface area contributed by atoms with E-state index >= 15 is 0 Å². The van der Waals surface area contributed by atoms with Gasteiger partial charge in [-0.05, 0) is 18.4 Å². The highest BCUT2D eigenvalue weighted by Crippen LogP contribution is 2.35. The SMILES string of the molecule is NC1CCN(c2ncc3c(n2)-c2ccccc2C3)CC1. The van der Waals surface area contributed by atoms with Gasteiger partial charge in [0.05, 0.1) is 5.69 Å². The Balaban J connectivity index is 1.69. The zero-order valence-electron chi connectivity index (χ0n) is 11.4. The number of rotatable bonds is 1. The summed E-state index contributed by atoms with van der Waals surface area (Å²) in [7, 11) is 0. The van der Waals surface area contributed by atoms with E-state index in [9.17, 15) is 0 Å². The average Bonchev–Trinajstić information content (AvgIpc) is 2.86. The van der Waals surface area contributed by atoms with Crippen LogP contribution in [0.1, 0.15) is 24.0 Å². The summed E-state index contributed by atoms with van der Waals surface area (Å²) in [4.78, 5) is 11.6. The Bertz CT molecular complexity index is 645. The van der Waals surface area contributed by atoms with E-state index < -0.39 is 0 Å². The third-order valence-electron chi connectivity index (χ3n) is 4.33. The van der Waals surface area contributed by atoms with Crippen molar-refractivity contribution in [1.82, 2.24) is 9.97 Å². The van der Waals surface area contributed by atoms with Crippen molar-refractivity contribution in [2.24, 2.45) is 5.73 Å². The molecule has 1 aliphatic heterocycles. The topological polar surface area (TPSA) is 55.0 Å². The second-order valence-electron chi connectivity index (χ2n) is 5.70. The molecule has 4 heteroatoms. The quantitative estimate of drug-likeness (QED) is 0.731. The van der Waals surface area contributed by atoms with E-state index in [-0.39, 0.29) is 0 Å². The molecule has 1 aromatic carbocycles. The van der Waals surface area contributed by atoms with E-state index in [1.54, 1.807) is 0 Å². The summed E-state index contributed by atoms with van der Waals surface area (Å²) >= 11 is 0. The zero-order valence-corrected chi connectivity index (χ0v) is 11.4. The van der Waals surface area contributed by atoms with Gasteiger partial charge in [0.2, 0.25) is 5.95 Å². The van der Waals surface area contributed by atoms with Gasteiger partial charge >= 0.3 is 0 Å². The lowest BCUT2D eigenvalue weighted by molar-refractivity contribution is 0.495. The maximum absolute atomic E-state index is 5.96. The number of nitrogens with zero attached hydrogens (tertiary/aromatic N) is 3. The smallest absolute Gasteiger partial charge is 0.225 e. The zero-order chi connectivity index (χ0) is 13.5. The molecule has 2 heterocycles. The van der Waals surface area contributed by atoms with Crippen LogP contribution < -0.4 is 10.6 Å². The summed E-state index contributed by atoms with van der Waals surface area (Å²) in [5, 5.41) is 0. The van der Waals surface area contributed by atoms with E-state index in [2.05, 4.69) is 34.1 Å². The van der Waals surface area contributed by atoms with Crippen LogP contribution in [0, 0.1) is 0 Å². The van der Waals surface area contributed by atoms with Crippen molar-refractivity contribution in [3.05, 3.63) is 41.6 Å². The normalized spacial score (nSPS) is 17.9. The molecule has 0 amide bonds. The van der Waals surface area contributed by atoms with Crippen molar-refractivity contribution < 1.29 is 0 Å². The molecule has 0 radical (unpaired) electrons. The first kappa shape index (κ1) is 11.9. The summed E-state index contributed by atoms with van der Waals surface area (Å²) < 4.78 is 0. The molecule has 4 nitrogen and oxygen atoms in total. The van der Waals surface area contributed by atoms with Gasteiger partial charge in [0.1, 0.15) is 0 Å². The van der Waals surface area contributed by atoms with Crippen molar-refractivity contribution in [1.29, 1.82) is 0 Å². The van der Waals surface area contributed by atoms with Crippen LogP contribution in [0.4, 0.5) is 5.95 Å². The van der Waals surface area contributed by atoms with Crippen molar-refractivity contribution in [2.75, 3.05) is 18.0 Å². The third kappa shape index (κ3) is 1.88. The molecule has 4 rings (SSSR count). The number of nitrogens with two attached hydrogens (primary N) is 1. The van der Waals surface area contributed by atoms with Crippen LogP contribution >= 0.6 is 0 Å². The number of hydrogen-bond donors (Lipinski definition) is 1. The minimum Gasteiger partial charge on any atom is -0.341 e. The van der Waals surface area contributed by atoms with Gasteiger partial charge in [0, 0.05) is 42.9 Å². The lowest BCUT2D eigenvalue weighted by Gasteiger charge is -2.30. The van der Waals surface area contributed by atoms with Gasteiger partial charge in [-0.15, -0.1) is 0 Å². The number of benzene rings is 1. The van der Waals surface area contributed by atoms with Crippen LogP contribution in [0.15, 0.2) is 30.5 Å². The van der Waals surface area contributed by atoms with Gasteiger partial charge in [-0.3, -0.25) is 0 Å². The molecule has 0 atom stereocenters. The largest absolute Gasteiger partial charge is 0.341 e. The molecule has 0 unspecified atom stereocenters.